The fourth-order valence-corrected chi connectivity index (χ4v) is 1.96. The Bertz CT molecular complexity index is 825. The second-order valence-electron chi connectivity index (χ2n) is 5.61. The zero-order valence-corrected chi connectivity index (χ0v) is 14.1. The van der Waals surface area contributed by atoms with Gasteiger partial charge in [0.05, 0.1) is 5.56 Å². The minimum atomic E-state index is -4.40. The summed E-state index contributed by atoms with van der Waals surface area (Å²) in [6.07, 6.45) is -2.31. The Kier molecular flexibility index (Phi) is 5.82. The van der Waals surface area contributed by atoms with Gasteiger partial charge in [-0.15, -0.1) is 0 Å². The number of carbonyl (C=O) groups excluding carboxylic acids is 2. The molecule has 0 radical (unpaired) electrons. The van der Waals surface area contributed by atoms with E-state index in [1.54, 1.807) is 12.1 Å². The van der Waals surface area contributed by atoms with Crippen molar-refractivity contribution in [3.63, 3.8) is 0 Å². The molecule has 0 aliphatic rings. The van der Waals surface area contributed by atoms with Crippen molar-refractivity contribution in [1.82, 2.24) is 4.90 Å². The molecule has 0 spiro atoms. The van der Waals surface area contributed by atoms with Crippen LogP contribution in [0, 0.1) is 0 Å². The highest BCUT2D eigenvalue weighted by Gasteiger charge is 2.29. The summed E-state index contributed by atoms with van der Waals surface area (Å²) in [5.41, 5.74) is -0.00450. The maximum Gasteiger partial charge on any atom is 0.416 e. The van der Waals surface area contributed by atoms with Crippen LogP contribution in [-0.2, 0) is 6.18 Å². The maximum absolute atomic E-state index is 12.5. The van der Waals surface area contributed by atoms with Gasteiger partial charge in [-0.3, -0.25) is 4.79 Å². The molecule has 0 heterocycles. The smallest absolute Gasteiger partial charge is 0.410 e. The zero-order chi connectivity index (χ0) is 19.3. The third-order valence-electron chi connectivity index (χ3n) is 3.35. The highest BCUT2D eigenvalue weighted by atomic mass is 19.4. The first kappa shape index (κ1) is 19.2. The van der Waals surface area contributed by atoms with Gasteiger partial charge >= 0.3 is 12.3 Å². The molecule has 0 saturated heterocycles. The van der Waals surface area contributed by atoms with Crippen LogP contribution in [0.1, 0.15) is 21.5 Å². The molecule has 0 aromatic heterocycles. The average Bonchev–Trinajstić information content (AvgIpc) is 2.59. The van der Waals surface area contributed by atoms with Crippen molar-refractivity contribution in [3.8, 4) is 5.75 Å². The van der Waals surface area contributed by atoms with Gasteiger partial charge in [-0.05, 0) is 35.9 Å². The predicted molar refractivity (Wildman–Crippen MR) is 91.0 cm³/mol. The lowest BCUT2D eigenvalue weighted by Crippen LogP contribution is -2.25. The van der Waals surface area contributed by atoms with E-state index in [-0.39, 0.29) is 17.1 Å². The predicted octanol–water partition coefficient (Wildman–Crippen LogP) is 4.66. The summed E-state index contributed by atoms with van der Waals surface area (Å²) in [6.45, 7) is 0. The van der Waals surface area contributed by atoms with Crippen LogP contribution in [0.3, 0.4) is 0 Å². The number of nitrogens with zero attached hydrogens (tertiary/aromatic N) is 1. The van der Waals surface area contributed by atoms with Crippen LogP contribution in [0.15, 0.2) is 54.6 Å². The van der Waals surface area contributed by atoms with Crippen LogP contribution in [0.25, 0.3) is 6.08 Å². The monoisotopic (exact) mass is 363 g/mol. The number of rotatable bonds is 4. The van der Waals surface area contributed by atoms with Gasteiger partial charge in [0.25, 0.3) is 0 Å². The molecule has 0 bridgehead atoms. The normalized spacial score (nSPS) is 11.4. The van der Waals surface area contributed by atoms with Crippen LogP contribution in [0.5, 0.6) is 5.75 Å². The molecule has 2 aromatic carbocycles. The Hall–Kier alpha value is -3.09. The SMILES string of the molecule is CN(C)C(=O)Oc1cccc(C(=O)/C=C/c2ccc(C(F)(F)F)cc2)c1. The second-order valence-corrected chi connectivity index (χ2v) is 5.61. The van der Waals surface area contributed by atoms with Crippen LogP contribution in [0.2, 0.25) is 0 Å². The minimum absolute atomic E-state index is 0.220. The number of alkyl halides is 3. The number of amides is 1. The summed E-state index contributed by atoms with van der Waals surface area (Å²) < 4.78 is 42.6. The van der Waals surface area contributed by atoms with Gasteiger partial charge in [0.15, 0.2) is 5.78 Å². The molecule has 0 unspecified atom stereocenters. The molecule has 0 saturated carbocycles. The van der Waals surface area contributed by atoms with Crippen molar-refractivity contribution in [2.75, 3.05) is 14.1 Å². The summed E-state index contributed by atoms with van der Waals surface area (Å²) in [5.74, 6) is -0.148. The van der Waals surface area contributed by atoms with Gasteiger partial charge in [0.1, 0.15) is 5.75 Å². The highest BCUT2D eigenvalue weighted by molar-refractivity contribution is 6.07. The van der Waals surface area contributed by atoms with Crippen molar-refractivity contribution in [2.24, 2.45) is 0 Å². The van der Waals surface area contributed by atoms with Crippen molar-refractivity contribution in [3.05, 3.63) is 71.3 Å². The van der Waals surface area contributed by atoms with Gasteiger partial charge in [-0.2, -0.15) is 13.2 Å². The molecule has 26 heavy (non-hydrogen) atoms. The zero-order valence-electron chi connectivity index (χ0n) is 14.1. The number of carbonyl (C=O) groups is 2. The molecule has 136 valence electrons. The van der Waals surface area contributed by atoms with Gasteiger partial charge in [0, 0.05) is 19.7 Å². The van der Waals surface area contributed by atoms with E-state index in [9.17, 15) is 22.8 Å². The summed E-state index contributed by atoms with van der Waals surface area (Å²) in [5, 5.41) is 0. The van der Waals surface area contributed by atoms with E-state index in [1.165, 1.54) is 55.4 Å². The number of ketones is 1. The van der Waals surface area contributed by atoms with E-state index in [4.69, 9.17) is 4.74 Å². The maximum atomic E-state index is 12.5. The Morgan fingerprint density at radius 3 is 2.27 bits per heavy atom. The van der Waals surface area contributed by atoms with Gasteiger partial charge in [-0.1, -0.05) is 30.3 Å². The van der Waals surface area contributed by atoms with E-state index in [0.29, 0.717) is 5.56 Å². The molecule has 4 nitrogen and oxygen atoms in total. The highest BCUT2D eigenvalue weighted by Crippen LogP contribution is 2.29. The fourth-order valence-electron chi connectivity index (χ4n) is 1.96. The Morgan fingerprint density at radius 2 is 1.69 bits per heavy atom. The molecule has 0 N–H and O–H groups in total. The molecular weight excluding hydrogens is 347 g/mol. The third kappa shape index (κ3) is 5.20. The molecule has 0 aliphatic carbocycles. The van der Waals surface area contributed by atoms with Crippen molar-refractivity contribution >= 4 is 18.0 Å². The summed E-state index contributed by atoms with van der Waals surface area (Å²) in [7, 11) is 3.06. The van der Waals surface area contributed by atoms with Crippen LogP contribution < -0.4 is 4.74 Å². The van der Waals surface area contributed by atoms with E-state index < -0.39 is 17.8 Å². The van der Waals surface area contributed by atoms with Crippen LogP contribution >= 0.6 is 0 Å². The first-order valence-corrected chi connectivity index (χ1v) is 7.55. The molecule has 7 heteroatoms. The van der Waals surface area contributed by atoms with Crippen molar-refractivity contribution in [2.45, 2.75) is 6.18 Å². The van der Waals surface area contributed by atoms with E-state index in [0.717, 1.165) is 12.1 Å². The molecule has 2 rings (SSSR count). The van der Waals surface area contributed by atoms with E-state index in [2.05, 4.69) is 0 Å². The van der Waals surface area contributed by atoms with Crippen LogP contribution in [0.4, 0.5) is 18.0 Å². The average molecular weight is 363 g/mol. The first-order chi connectivity index (χ1) is 12.2. The van der Waals surface area contributed by atoms with Crippen molar-refractivity contribution in [1.29, 1.82) is 0 Å². The Labute approximate surface area is 148 Å². The molecule has 1 amide bonds. The molecule has 0 aliphatic heterocycles. The number of ether oxygens (including phenoxy) is 1. The standard InChI is InChI=1S/C19H16F3NO3/c1-23(2)18(25)26-16-5-3-4-14(12-16)17(24)11-8-13-6-9-15(10-7-13)19(20,21)22/h3-12H,1-2H3/b11-8+. The topological polar surface area (TPSA) is 46.6 Å². The lowest BCUT2D eigenvalue weighted by atomic mass is 10.1. The lowest BCUT2D eigenvalue weighted by Gasteiger charge is -2.10. The molecular formula is C19H16F3NO3. The summed E-state index contributed by atoms with van der Waals surface area (Å²) >= 11 is 0. The number of benzene rings is 2. The van der Waals surface area contributed by atoms with Crippen molar-refractivity contribution < 1.29 is 27.5 Å². The van der Waals surface area contributed by atoms with E-state index >= 15 is 0 Å². The molecule has 0 atom stereocenters. The third-order valence-corrected chi connectivity index (χ3v) is 3.35. The summed E-state index contributed by atoms with van der Waals surface area (Å²) in [6, 6.07) is 10.5. The van der Waals surface area contributed by atoms with Gasteiger partial charge in [0.2, 0.25) is 0 Å². The second kappa shape index (κ2) is 7.86. The largest absolute Gasteiger partial charge is 0.416 e. The number of hydrogen-bond donors (Lipinski definition) is 0. The quantitative estimate of drug-likeness (QED) is 0.586. The first-order valence-electron chi connectivity index (χ1n) is 7.55. The van der Waals surface area contributed by atoms with Crippen LogP contribution in [-0.4, -0.2) is 30.9 Å². The Morgan fingerprint density at radius 1 is 1.04 bits per heavy atom. The lowest BCUT2D eigenvalue weighted by molar-refractivity contribution is -0.137. The van der Waals surface area contributed by atoms with E-state index in [1.807, 2.05) is 0 Å². The fraction of sp³-hybridized carbons (Fsp3) is 0.158. The van der Waals surface area contributed by atoms with Gasteiger partial charge < -0.3 is 9.64 Å². The Balaban J connectivity index is 2.10. The number of allylic oxidation sites excluding steroid dienone is 1. The van der Waals surface area contributed by atoms with Gasteiger partial charge in [-0.25, -0.2) is 4.79 Å². The number of hydrogen-bond acceptors (Lipinski definition) is 3. The molecule has 0 fully saturated rings. The number of halogens is 3. The summed E-state index contributed by atoms with van der Waals surface area (Å²) in [4.78, 5) is 25.0. The minimum Gasteiger partial charge on any atom is -0.410 e. The molecule has 2 aromatic rings.